The van der Waals surface area contributed by atoms with E-state index in [9.17, 15) is 5.11 Å². The Morgan fingerprint density at radius 1 is 0.783 bits per heavy atom. The number of benzene rings is 2. The van der Waals surface area contributed by atoms with Gasteiger partial charge in [0.2, 0.25) is 0 Å². The van der Waals surface area contributed by atoms with E-state index < -0.39 is 6.10 Å². The summed E-state index contributed by atoms with van der Waals surface area (Å²) in [6, 6.07) is 20.8. The molecule has 0 amide bonds. The highest BCUT2D eigenvalue weighted by molar-refractivity contribution is 5.85. The third-order valence-electron chi connectivity index (χ3n) is 4.64. The van der Waals surface area contributed by atoms with Crippen molar-refractivity contribution < 1.29 is 5.11 Å². The first-order valence-corrected chi connectivity index (χ1v) is 8.38. The molecule has 2 aromatic carbocycles. The maximum atomic E-state index is 10.9. The van der Waals surface area contributed by atoms with Crippen LogP contribution in [0.1, 0.15) is 55.4 Å². The van der Waals surface area contributed by atoms with Crippen molar-refractivity contribution in [3.8, 4) is 0 Å². The van der Waals surface area contributed by atoms with Gasteiger partial charge >= 0.3 is 0 Å². The zero-order valence-corrected chi connectivity index (χ0v) is 14.2. The minimum absolute atomic E-state index is 0. The van der Waals surface area contributed by atoms with Crippen molar-refractivity contribution >= 4 is 12.4 Å². The van der Waals surface area contributed by atoms with Crippen molar-refractivity contribution in [3.63, 3.8) is 0 Å². The summed E-state index contributed by atoms with van der Waals surface area (Å²) < 4.78 is 0. The van der Waals surface area contributed by atoms with Crippen LogP contribution in [-0.4, -0.2) is 11.1 Å². The maximum absolute atomic E-state index is 10.9. The second-order valence-corrected chi connectivity index (χ2v) is 6.25. The summed E-state index contributed by atoms with van der Waals surface area (Å²) >= 11 is 0. The van der Waals surface area contributed by atoms with Crippen molar-refractivity contribution in [1.82, 2.24) is 5.32 Å². The van der Waals surface area contributed by atoms with Crippen LogP contribution in [-0.2, 0) is 0 Å². The number of nitrogens with one attached hydrogen (secondary N) is 1. The van der Waals surface area contributed by atoms with E-state index in [0.717, 1.165) is 11.1 Å². The molecule has 0 saturated heterocycles. The van der Waals surface area contributed by atoms with Gasteiger partial charge in [0.1, 0.15) is 0 Å². The molecule has 2 unspecified atom stereocenters. The van der Waals surface area contributed by atoms with Crippen LogP contribution in [0.25, 0.3) is 0 Å². The first kappa shape index (κ1) is 18.0. The minimum atomic E-state index is -0.523. The lowest BCUT2D eigenvalue weighted by atomic mass is 9.91. The van der Waals surface area contributed by atoms with Gasteiger partial charge in [-0.15, -0.1) is 12.4 Å². The van der Waals surface area contributed by atoms with Gasteiger partial charge in [-0.05, 0) is 24.0 Å². The average molecular weight is 332 g/mol. The van der Waals surface area contributed by atoms with Crippen molar-refractivity contribution in [2.75, 3.05) is 0 Å². The molecule has 0 heterocycles. The van der Waals surface area contributed by atoms with Gasteiger partial charge in [0.15, 0.2) is 0 Å². The molecule has 124 valence electrons. The lowest BCUT2D eigenvalue weighted by Gasteiger charge is -2.32. The van der Waals surface area contributed by atoms with E-state index in [1.165, 1.54) is 32.1 Å². The average Bonchev–Trinajstić information content (AvgIpc) is 2.61. The molecule has 23 heavy (non-hydrogen) atoms. The Hall–Kier alpha value is -1.35. The fourth-order valence-electron chi connectivity index (χ4n) is 3.40. The molecule has 0 spiro atoms. The number of hydrogen-bond acceptors (Lipinski definition) is 2. The molecule has 1 fully saturated rings. The second-order valence-electron chi connectivity index (χ2n) is 6.25. The Kier molecular flexibility index (Phi) is 7.10. The van der Waals surface area contributed by atoms with Crippen molar-refractivity contribution in [2.24, 2.45) is 0 Å². The lowest BCUT2D eigenvalue weighted by molar-refractivity contribution is 0.117. The number of rotatable bonds is 5. The largest absolute Gasteiger partial charge is 0.386 e. The Balaban J connectivity index is 0.00000192. The standard InChI is InChI=1S/C20H25NO.ClH/c22-20(17-12-6-2-7-13-17)19(16-10-4-1-5-11-16)21-18-14-8-3-9-15-18;/h1-2,4-7,10-13,18-22H,3,8-9,14-15H2;1H. The highest BCUT2D eigenvalue weighted by Crippen LogP contribution is 2.31. The van der Waals surface area contributed by atoms with Crippen LogP contribution in [0.3, 0.4) is 0 Å². The number of hydrogen-bond donors (Lipinski definition) is 2. The third-order valence-corrected chi connectivity index (χ3v) is 4.64. The summed E-state index contributed by atoms with van der Waals surface area (Å²) in [6.45, 7) is 0. The van der Waals surface area contributed by atoms with Crippen LogP contribution in [0.2, 0.25) is 0 Å². The normalized spacial score (nSPS) is 18.0. The van der Waals surface area contributed by atoms with Crippen molar-refractivity contribution in [1.29, 1.82) is 0 Å². The molecule has 1 aliphatic carbocycles. The molecule has 2 aromatic rings. The van der Waals surface area contributed by atoms with Gasteiger partial charge in [0.25, 0.3) is 0 Å². The molecule has 1 aliphatic rings. The number of halogens is 1. The summed E-state index contributed by atoms with van der Waals surface area (Å²) in [5, 5.41) is 14.6. The quantitative estimate of drug-likeness (QED) is 0.824. The Bertz CT molecular complexity index is 554. The number of aliphatic hydroxyl groups is 1. The monoisotopic (exact) mass is 331 g/mol. The van der Waals surface area contributed by atoms with Crippen LogP contribution >= 0.6 is 12.4 Å². The Labute approximate surface area is 145 Å². The molecule has 0 bridgehead atoms. The van der Waals surface area contributed by atoms with E-state index in [-0.39, 0.29) is 18.4 Å². The summed E-state index contributed by atoms with van der Waals surface area (Å²) in [5.74, 6) is 0. The molecule has 0 aliphatic heterocycles. The third kappa shape index (κ3) is 4.81. The summed E-state index contributed by atoms with van der Waals surface area (Å²) in [7, 11) is 0. The molecule has 3 rings (SSSR count). The topological polar surface area (TPSA) is 32.3 Å². The van der Waals surface area contributed by atoms with Gasteiger partial charge in [-0.25, -0.2) is 0 Å². The molecule has 2 nitrogen and oxygen atoms in total. The smallest absolute Gasteiger partial charge is 0.0984 e. The second kappa shape index (κ2) is 9.07. The maximum Gasteiger partial charge on any atom is 0.0984 e. The van der Waals surface area contributed by atoms with Gasteiger partial charge in [-0.2, -0.15) is 0 Å². The predicted octanol–water partition coefficient (Wildman–Crippen LogP) is 4.81. The molecule has 0 aromatic heterocycles. The highest BCUT2D eigenvalue weighted by atomic mass is 35.5. The van der Waals surface area contributed by atoms with Crippen LogP contribution in [0.4, 0.5) is 0 Å². The molecule has 2 atom stereocenters. The Morgan fingerprint density at radius 3 is 1.87 bits per heavy atom. The van der Waals surface area contributed by atoms with E-state index in [4.69, 9.17) is 0 Å². The number of aliphatic hydroxyl groups excluding tert-OH is 1. The summed E-state index contributed by atoms with van der Waals surface area (Å²) in [6.07, 6.45) is 5.83. The predicted molar refractivity (Wildman–Crippen MR) is 97.8 cm³/mol. The fraction of sp³-hybridized carbons (Fsp3) is 0.400. The zero-order chi connectivity index (χ0) is 15.2. The van der Waals surface area contributed by atoms with Gasteiger partial charge < -0.3 is 10.4 Å². The van der Waals surface area contributed by atoms with Gasteiger partial charge in [-0.1, -0.05) is 79.9 Å². The molecular formula is C20H26ClNO. The lowest BCUT2D eigenvalue weighted by Crippen LogP contribution is -2.37. The first-order chi connectivity index (χ1) is 10.8. The fourth-order valence-corrected chi connectivity index (χ4v) is 3.40. The molecule has 0 radical (unpaired) electrons. The van der Waals surface area contributed by atoms with Crippen molar-refractivity contribution in [3.05, 3.63) is 71.8 Å². The molecular weight excluding hydrogens is 306 g/mol. The van der Waals surface area contributed by atoms with E-state index in [0.29, 0.717) is 6.04 Å². The van der Waals surface area contributed by atoms with E-state index in [2.05, 4.69) is 17.4 Å². The van der Waals surface area contributed by atoms with Gasteiger partial charge in [0.05, 0.1) is 12.1 Å². The van der Waals surface area contributed by atoms with Crippen LogP contribution < -0.4 is 5.32 Å². The van der Waals surface area contributed by atoms with Crippen molar-refractivity contribution in [2.45, 2.75) is 50.3 Å². The van der Waals surface area contributed by atoms with Gasteiger partial charge in [-0.3, -0.25) is 0 Å². The zero-order valence-electron chi connectivity index (χ0n) is 13.4. The highest BCUT2D eigenvalue weighted by Gasteiger charge is 2.26. The van der Waals surface area contributed by atoms with E-state index in [1.807, 2.05) is 48.5 Å². The summed E-state index contributed by atoms with van der Waals surface area (Å²) in [4.78, 5) is 0. The molecule has 1 saturated carbocycles. The SMILES string of the molecule is Cl.OC(c1ccccc1)C(NC1CCCCC1)c1ccccc1. The molecule has 2 N–H and O–H groups in total. The van der Waals surface area contributed by atoms with E-state index >= 15 is 0 Å². The van der Waals surface area contributed by atoms with Crippen LogP contribution in [0, 0.1) is 0 Å². The van der Waals surface area contributed by atoms with Crippen LogP contribution in [0.5, 0.6) is 0 Å². The van der Waals surface area contributed by atoms with E-state index in [1.54, 1.807) is 0 Å². The molecule has 3 heteroatoms. The van der Waals surface area contributed by atoms with Crippen LogP contribution in [0.15, 0.2) is 60.7 Å². The Morgan fingerprint density at radius 2 is 1.30 bits per heavy atom. The first-order valence-electron chi connectivity index (χ1n) is 8.38. The minimum Gasteiger partial charge on any atom is -0.386 e. The summed E-state index contributed by atoms with van der Waals surface area (Å²) in [5.41, 5.74) is 2.13. The van der Waals surface area contributed by atoms with Gasteiger partial charge in [0, 0.05) is 6.04 Å².